The van der Waals surface area contributed by atoms with Gasteiger partial charge in [0, 0.05) is 36.3 Å². The van der Waals surface area contributed by atoms with Gasteiger partial charge in [0.15, 0.2) is 0 Å². The van der Waals surface area contributed by atoms with Crippen LogP contribution in [0.4, 0.5) is 0 Å². The van der Waals surface area contributed by atoms with Crippen LogP contribution in [0, 0.1) is 12.8 Å². The molecular formula is C14H20N2O2S. The van der Waals surface area contributed by atoms with Crippen molar-refractivity contribution in [3.63, 3.8) is 0 Å². The molecule has 19 heavy (non-hydrogen) atoms. The predicted molar refractivity (Wildman–Crippen MR) is 76.9 cm³/mol. The number of aliphatic hydroxyl groups excluding tert-OH is 1. The summed E-state index contributed by atoms with van der Waals surface area (Å²) in [5.41, 5.74) is 0. The van der Waals surface area contributed by atoms with Crippen LogP contribution >= 0.6 is 11.3 Å². The molecule has 0 saturated carbocycles. The van der Waals surface area contributed by atoms with Gasteiger partial charge in [-0.3, -0.25) is 4.79 Å². The molecule has 2 unspecified atom stereocenters. The number of carbonyl (C=O) groups excluding carboxylic acids is 1. The quantitative estimate of drug-likeness (QED) is 0.863. The zero-order valence-corrected chi connectivity index (χ0v) is 12.2. The SMILES string of the molecule is Cc1ncc(/C=C/C(=O)N2CC(CO)CCC2C)s1. The fourth-order valence-electron chi connectivity index (χ4n) is 2.34. The van der Waals surface area contributed by atoms with Gasteiger partial charge in [-0.05, 0) is 38.7 Å². The van der Waals surface area contributed by atoms with E-state index in [1.807, 2.05) is 17.9 Å². The number of hydrogen-bond donors (Lipinski definition) is 1. The van der Waals surface area contributed by atoms with Crippen LogP contribution in [0.15, 0.2) is 12.3 Å². The zero-order chi connectivity index (χ0) is 13.8. The minimum absolute atomic E-state index is 0.0247. The maximum Gasteiger partial charge on any atom is 0.246 e. The Morgan fingerprint density at radius 2 is 2.42 bits per heavy atom. The van der Waals surface area contributed by atoms with Crippen molar-refractivity contribution in [3.8, 4) is 0 Å². The van der Waals surface area contributed by atoms with E-state index < -0.39 is 0 Å². The highest BCUT2D eigenvalue weighted by molar-refractivity contribution is 7.12. The molecule has 2 atom stereocenters. The van der Waals surface area contributed by atoms with Crippen LogP contribution in [0.5, 0.6) is 0 Å². The number of thiazole rings is 1. The van der Waals surface area contributed by atoms with E-state index >= 15 is 0 Å². The molecule has 1 aliphatic heterocycles. The number of aliphatic hydroxyl groups is 1. The van der Waals surface area contributed by atoms with Crippen LogP contribution in [0.3, 0.4) is 0 Å². The van der Waals surface area contributed by atoms with Crippen LogP contribution in [0.25, 0.3) is 6.08 Å². The first kappa shape index (κ1) is 14.2. The van der Waals surface area contributed by atoms with Gasteiger partial charge < -0.3 is 10.0 Å². The number of carbonyl (C=O) groups is 1. The highest BCUT2D eigenvalue weighted by Gasteiger charge is 2.27. The predicted octanol–water partition coefficient (Wildman–Crippen LogP) is 2.08. The highest BCUT2D eigenvalue weighted by atomic mass is 32.1. The number of nitrogens with zero attached hydrogens (tertiary/aromatic N) is 2. The van der Waals surface area contributed by atoms with Gasteiger partial charge in [0.05, 0.1) is 5.01 Å². The van der Waals surface area contributed by atoms with Gasteiger partial charge in [0.25, 0.3) is 0 Å². The van der Waals surface area contributed by atoms with E-state index in [4.69, 9.17) is 0 Å². The molecule has 104 valence electrons. The van der Waals surface area contributed by atoms with Crippen LogP contribution in [0.2, 0.25) is 0 Å². The Kier molecular flexibility index (Phi) is 4.71. The fourth-order valence-corrected chi connectivity index (χ4v) is 3.03. The van der Waals surface area contributed by atoms with Crippen LogP contribution in [-0.4, -0.2) is 40.1 Å². The highest BCUT2D eigenvalue weighted by Crippen LogP contribution is 2.22. The first-order chi connectivity index (χ1) is 9.10. The molecule has 1 saturated heterocycles. The summed E-state index contributed by atoms with van der Waals surface area (Å²) in [6, 6.07) is 0.253. The molecule has 0 spiro atoms. The first-order valence-electron chi connectivity index (χ1n) is 6.62. The molecule has 4 nitrogen and oxygen atoms in total. The van der Waals surface area contributed by atoms with E-state index in [1.165, 1.54) is 0 Å². The van der Waals surface area contributed by atoms with E-state index in [-0.39, 0.29) is 24.5 Å². The standard InChI is InChI=1S/C14H20N2O2S/c1-10-3-4-12(9-17)8-16(10)14(18)6-5-13-7-15-11(2)19-13/h5-7,10,12,17H,3-4,8-9H2,1-2H3/b6-5+. The molecule has 0 radical (unpaired) electrons. The van der Waals surface area contributed by atoms with Gasteiger partial charge in [-0.2, -0.15) is 0 Å². The molecule has 0 aliphatic carbocycles. The number of piperidine rings is 1. The van der Waals surface area contributed by atoms with Gasteiger partial charge in [-0.15, -0.1) is 11.3 Å². The molecule has 1 aromatic rings. The fraction of sp³-hybridized carbons (Fsp3) is 0.571. The summed E-state index contributed by atoms with van der Waals surface area (Å²) in [5, 5.41) is 10.2. The summed E-state index contributed by atoms with van der Waals surface area (Å²) < 4.78 is 0. The number of hydrogen-bond acceptors (Lipinski definition) is 4. The molecule has 5 heteroatoms. The van der Waals surface area contributed by atoms with Crippen molar-refractivity contribution in [3.05, 3.63) is 22.2 Å². The number of aryl methyl sites for hydroxylation is 1. The smallest absolute Gasteiger partial charge is 0.246 e. The lowest BCUT2D eigenvalue weighted by molar-refractivity contribution is -0.130. The van der Waals surface area contributed by atoms with Crippen molar-refractivity contribution in [2.45, 2.75) is 32.7 Å². The zero-order valence-electron chi connectivity index (χ0n) is 11.4. The van der Waals surface area contributed by atoms with Gasteiger partial charge in [-0.25, -0.2) is 4.98 Å². The lowest BCUT2D eigenvalue weighted by Crippen LogP contribution is -2.45. The summed E-state index contributed by atoms with van der Waals surface area (Å²) in [5.74, 6) is 0.246. The van der Waals surface area contributed by atoms with Gasteiger partial charge >= 0.3 is 0 Å². The van der Waals surface area contributed by atoms with Crippen molar-refractivity contribution in [1.82, 2.24) is 9.88 Å². The molecule has 1 amide bonds. The normalized spacial score (nSPS) is 24.1. The third kappa shape index (κ3) is 3.64. The van der Waals surface area contributed by atoms with Crippen molar-refractivity contribution in [2.75, 3.05) is 13.2 Å². The molecular weight excluding hydrogens is 260 g/mol. The first-order valence-corrected chi connectivity index (χ1v) is 7.43. The van der Waals surface area contributed by atoms with E-state index in [0.29, 0.717) is 6.54 Å². The molecule has 1 aromatic heterocycles. The maximum absolute atomic E-state index is 12.2. The lowest BCUT2D eigenvalue weighted by atomic mass is 9.94. The number of rotatable bonds is 3. The van der Waals surface area contributed by atoms with Crippen molar-refractivity contribution in [1.29, 1.82) is 0 Å². The van der Waals surface area contributed by atoms with Crippen molar-refractivity contribution >= 4 is 23.3 Å². The van der Waals surface area contributed by atoms with Crippen LogP contribution in [-0.2, 0) is 4.79 Å². The average Bonchev–Trinajstić information content (AvgIpc) is 2.82. The second-order valence-corrected chi connectivity index (χ2v) is 6.35. The molecule has 1 fully saturated rings. The third-order valence-electron chi connectivity index (χ3n) is 3.55. The molecule has 1 N–H and O–H groups in total. The number of aromatic nitrogens is 1. The van der Waals surface area contributed by atoms with Crippen molar-refractivity contribution in [2.24, 2.45) is 5.92 Å². The summed E-state index contributed by atoms with van der Waals surface area (Å²) in [6.45, 7) is 4.83. The Hall–Kier alpha value is -1.20. The summed E-state index contributed by atoms with van der Waals surface area (Å²) in [7, 11) is 0. The summed E-state index contributed by atoms with van der Waals surface area (Å²) >= 11 is 1.57. The van der Waals surface area contributed by atoms with Gasteiger partial charge in [0.2, 0.25) is 5.91 Å². The number of likely N-dealkylation sites (tertiary alicyclic amines) is 1. The van der Waals surface area contributed by atoms with Gasteiger partial charge in [-0.1, -0.05) is 0 Å². The molecule has 2 heterocycles. The second kappa shape index (κ2) is 6.30. The van der Waals surface area contributed by atoms with Crippen molar-refractivity contribution < 1.29 is 9.90 Å². The number of amides is 1. The minimum Gasteiger partial charge on any atom is -0.396 e. The van der Waals surface area contributed by atoms with E-state index in [0.717, 1.165) is 22.7 Å². The van der Waals surface area contributed by atoms with E-state index in [1.54, 1.807) is 23.6 Å². The average molecular weight is 280 g/mol. The molecule has 0 bridgehead atoms. The third-order valence-corrected chi connectivity index (χ3v) is 4.43. The van der Waals surface area contributed by atoms with Gasteiger partial charge in [0.1, 0.15) is 0 Å². The Balaban J connectivity index is 2.00. The Morgan fingerprint density at radius 1 is 1.63 bits per heavy atom. The topological polar surface area (TPSA) is 53.4 Å². The Morgan fingerprint density at radius 3 is 3.05 bits per heavy atom. The second-order valence-electron chi connectivity index (χ2n) is 5.08. The van der Waals surface area contributed by atoms with Crippen LogP contribution in [0.1, 0.15) is 29.7 Å². The molecule has 2 rings (SSSR count). The van der Waals surface area contributed by atoms with Crippen LogP contribution < -0.4 is 0 Å². The summed E-state index contributed by atoms with van der Waals surface area (Å²) in [4.78, 5) is 19.2. The van der Waals surface area contributed by atoms with E-state index in [2.05, 4.69) is 11.9 Å². The lowest BCUT2D eigenvalue weighted by Gasteiger charge is -2.36. The molecule has 1 aliphatic rings. The monoisotopic (exact) mass is 280 g/mol. The minimum atomic E-state index is 0.0247. The Labute approximate surface area is 117 Å². The largest absolute Gasteiger partial charge is 0.396 e. The molecule has 0 aromatic carbocycles. The Bertz CT molecular complexity index is 470. The summed E-state index contributed by atoms with van der Waals surface area (Å²) in [6.07, 6.45) is 7.18. The van der Waals surface area contributed by atoms with E-state index in [9.17, 15) is 9.90 Å². The maximum atomic E-state index is 12.2.